The topological polar surface area (TPSA) is 74.1 Å². The number of hydrogen-bond acceptors (Lipinski definition) is 5. The predicted molar refractivity (Wildman–Crippen MR) is 98.1 cm³/mol. The van der Waals surface area contributed by atoms with Crippen LogP contribution in [0.1, 0.15) is 42.7 Å². The van der Waals surface area contributed by atoms with Crippen molar-refractivity contribution in [2.24, 2.45) is 5.92 Å². The third kappa shape index (κ3) is 3.65. The fourth-order valence-electron chi connectivity index (χ4n) is 4.33. The van der Waals surface area contributed by atoms with Gasteiger partial charge in [0.05, 0.1) is 6.26 Å². The molecule has 1 spiro atoms. The maximum absolute atomic E-state index is 12.7. The monoisotopic (exact) mass is 373 g/mol. The molecule has 0 N–H and O–H groups in total. The average Bonchev–Trinajstić information content (AvgIpc) is 3.36. The number of amides is 2. The Labute approximate surface area is 159 Å². The number of likely N-dealkylation sites (tertiary alicyclic amines) is 1. The first kappa shape index (κ1) is 18.2. The minimum atomic E-state index is -0.597. The van der Waals surface area contributed by atoms with Crippen LogP contribution in [-0.2, 0) is 9.59 Å². The van der Waals surface area contributed by atoms with Gasteiger partial charge in [0.15, 0.2) is 5.76 Å². The number of nitrogens with zero attached hydrogens (tertiary/aromatic N) is 3. The zero-order valence-electron chi connectivity index (χ0n) is 15.9. The number of rotatable bonds is 4. The highest BCUT2D eigenvalue weighted by Crippen LogP contribution is 2.35. The maximum Gasteiger partial charge on any atom is 0.298 e. The summed E-state index contributed by atoms with van der Waals surface area (Å²) in [6, 6.07) is 3.13. The van der Waals surface area contributed by atoms with Crippen molar-refractivity contribution in [3.8, 4) is 0 Å². The van der Waals surface area contributed by atoms with E-state index in [9.17, 15) is 14.4 Å². The highest BCUT2D eigenvalue weighted by molar-refractivity contribution is 6.41. The van der Waals surface area contributed by atoms with E-state index in [1.54, 1.807) is 11.0 Å². The molecule has 0 unspecified atom stereocenters. The highest BCUT2D eigenvalue weighted by atomic mass is 16.3. The first-order valence-electron chi connectivity index (χ1n) is 9.85. The Hall–Kier alpha value is -2.15. The number of carbonyl (C=O) groups excluding carboxylic acids is 3. The first-order chi connectivity index (χ1) is 13.0. The van der Waals surface area contributed by atoms with Crippen LogP contribution in [0.2, 0.25) is 0 Å². The van der Waals surface area contributed by atoms with E-state index in [0.717, 1.165) is 25.9 Å². The van der Waals surface area contributed by atoms with Gasteiger partial charge in [0.2, 0.25) is 5.91 Å². The van der Waals surface area contributed by atoms with E-state index in [2.05, 4.69) is 11.9 Å². The number of likely N-dealkylation sites (N-methyl/N-ethyl adjacent to an activating group) is 1. The molecule has 0 aromatic carbocycles. The molecule has 2 amide bonds. The molecule has 1 aliphatic carbocycles. The molecule has 27 heavy (non-hydrogen) atoms. The van der Waals surface area contributed by atoms with Gasteiger partial charge in [-0.2, -0.15) is 0 Å². The standard InChI is InChI=1S/C20H27N3O4/c1-21-10-11-23(19(26)18(25)16-3-2-12-27-16)14-20(21)7-6-17(24)22(9-8-20)13-15-4-5-15/h2-3,12,15H,4-11,13-14H2,1H3/t20-/m1/s1. The highest BCUT2D eigenvalue weighted by Gasteiger charge is 2.44. The van der Waals surface area contributed by atoms with E-state index >= 15 is 0 Å². The summed E-state index contributed by atoms with van der Waals surface area (Å²) < 4.78 is 5.10. The zero-order chi connectivity index (χ0) is 19.0. The van der Waals surface area contributed by atoms with Gasteiger partial charge in [-0.15, -0.1) is 0 Å². The Kier molecular flexibility index (Phi) is 4.80. The van der Waals surface area contributed by atoms with Crippen LogP contribution >= 0.6 is 0 Å². The molecule has 1 aromatic rings. The summed E-state index contributed by atoms with van der Waals surface area (Å²) in [5.74, 6) is -0.124. The molecule has 3 fully saturated rings. The van der Waals surface area contributed by atoms with E-state index in [4.69, 9.17) is 4.42 Å². The summed E-state index contributed by atoms with van der Waals surface area (Å²) in [6.45, 7) is 3.31. The summed E-state index contributed by atoms with van der Waals surface area (Å²) in [7, 11) is 2.07. The van der Waals surface area contributed by atoms with Crippen molar-refractivity contribution in [2.45, 2.75) is 37.6 Å². The van der Waals surface area contributed by atoms with Crippen LogP contribution in [0.15, 0.2) is 22.8 Å². The molecule has 3 heterocycles. The molecule has 1 saturated carbocycles. The lowest BCUT2D eigenvalue weighted by Gasteiger charge is -2.49. The van der Waals surface area contributed by atoms with Gasteiger partial charge in [0, 0.05) is 44.7 Å². The Morgan fingerprint density at radius 1 is 1.22 bits per heavy atom. The van der Waals surface area contributed by atoms with Crippen molar-refractivity contribution >= 4 is 17.6 Å². The SMILES string of the molecule is CN1CCN(C(=O)C(=O)c2ccco2)C[C@]12CCC(=O)N(CC1CC1)CC2. The van der Waals surface area contributed by atoms with Crippen LogP contribution in [0.4, 0.5) is 0 Å². The van der Waals surface area contributed by atoms with Gasteiger partial charge in [-0.05, 0) is 50.8 Å². The molecule has 0 bridgehead atoms. The van der Waals surface area contributed by atoms with Crippen molar-refractivity contribution in [2.75, 3.05) is 39.8 Å². The van der Waals surface area contributed by atoms with Crippen molar-refractivity contribution < 1.29 is 18.8 Å². The van der Waals surface area contributed by atoms with Crippen LogP contribution in [0.25, 0.3) is 0 Å². The van der Waals surface area contributed by atoms with Crippen molar-refractivity contribution in [1.82, 2.24) is 14.7 Å². The molecule has 146 valence electrons. The largest absolute Gasteiger partial charge is 0.461 e. The normalized spacial score (nSPS) is 27.1. The van der Waals surface area contributed by atoms with E-state index < -0.39 is 11.7 Å². The molecule has 3 aliphatic rings. The molecular formula is C20H27N3O4. The number of ketones is 1. The van der Waals surface area contributed by atoms with Crippen LogP contribution < -0.4 is 0 Å². The van der Waals surface area contributed by atoms with Crippen molar-refractivity contribution in [3.05, 3.63) is 24.2 Å². The number of Topliss-reactive ketones (excluding diaryl/α,β-unsaturated/α-hetero) is 1. The minimum absolute atomic E-state index is 0.0830. The minimum Gasteiger partial charge on any atom is -0.461 e. The van der Waals surface area contributed by atoms with Crippen molar-refractivity contribution in [3.63, 3.8) is 0 Å². The Morgan fingerprint density at radius 3 is 2.74 bits per heavy atom. The van der Waals surface area contributed by atoms with Gasteiger partial charge in [0.1, 0.15) is 0 Å². The maximum atomic E-state index is 12.7. The lowest BCUT2D eigenvalue weighted by Crippen LogP contribution is -2.62. The molecule has 2 saturated heterocycles. The third-order valence-electron chi connectivity index (χ3n) is 6.41. The number of carbonyl (C=O) groups is 3. The summed E-state index contributed by atoms with van der Waals surface area (Å²) in [4.78, 5) is 43.6. The van der Waals surface area contributed by atoms with E-state index in [-0.39, 0.29) is 17.2 Å². The van der Waals surface area contributed by atoms with Crippen LogP contribution in [0.5, 0.6) is 0 Å². The lowest BCUT2D eigenvalue weighted by atomic mass is 9.86. The van der Waals surface area contributed by atoms with Gasteiger partial charge in [-0.1, -0.05) is 0 Å². The van der Waals surface area contributed by atoms with Gasteiger partial charge in [-0.25, -0.2) is 0 Å². The number of furan rings is 1. The molecule has 7 heteroatoms. The molecule has 1 aromatic heterocycles. The lowest BCUT2D eigenvalue weighted by molar-refractivity contribution is -0.132. The third-order valence-corrected chi connectivity index (χ3v) is 6.41. The van der Waals surface area contributed by atoms with Crippen LogP contribution in [-0.4, -0.2) is 77.6 Å². The van der Waals surface area contributed by atoms with Gasteiger partial charge >= 0.3 is 0 Å². The Bertz CT molecular complexity index is 728. The quantitative estimate of drug-likeness (QED) is 0.589. The van der Waals surface area contributed by atoms with Crippen LogP contribution in [0.3, 0.4) is 0 Å². The second kappa shape index (κ2) is 7.11. The summed E-state index contributed by atoms with van der Waals surface area (Å²) in [5, 5.41) is 0. The molecule has 1 atom stereocenters. The molecule has 2 aliphatic heterocycles. The smallest absolute Gasteiger partial charge is 0.298 e. The summed E-state index contributed by atoms with van der Waals surface area (Å²) in [5.41, 5.74) is -0.245. The second-order valence-corrected chi connectivity index (χ2v) is 8.21. The Morgan fingerprint density at radius 2 is 2.04 bits per heavy atom. The summed E-state index contributed by atoms with van der Waals surface area (Å²) in [6.07, 6.45) is 5.92. The predicted octanol–water partition coefficient (Wildman–Crippen LogP) is 1.40. The molecule has 0 radical (unpaired) electrons. The number of piperazine rings is 1. The average molecular weight is 373 g/mol. The second-order valence-electron chi connectivity index (χ2n) is 8.21. The van der Waals surface area contributed by atoms with Crippen molar-refractivity contribution in [1.29, 1.82) is 0 Å². The van der Waals surface area contributed by atoms with Crippen LogP contribution in [0, 0.1) is 5.92 Å². The summed E-state index contributed by atoms with van der Waals surface area (Å²) >= 11 is 0. The Balaban J connectivity index is 1.47. The fourth-order valence-corrected chi connectivity index (χ4v) is 4.33. The fraction of sp³-hybridized carbons (Fsp3) is 0.650. The van der Waals surface area contributed by atoms with Gasteiger partial charge < -0.3 is 14.2 Å². The van der Waals surface area contributed by atoms with E-state index in [0.29, 0.717) is 32.0 Å². The molecule has 7 nitrogen and oxygen atoms in total. The molecule has 4 rings (SSSR count). The van der Waals surface area contributed by atoms with Gasteiger partial charge in [-0.3, -0.25) is 19.3 Å². The van der Waals surface area contributed by atoms with Gasteiger partial charge in [0.25, 0.3) is 11.7 Å². The first-order valence-corrected chi connectivity index (χ1v) is 9.85. The zero-order valence-corrected chi connectivity index (χ0v) is 15.9. The van der Waals surface area contributed by atoms with E-state index in [1.165, 1.54) is 25.2 Å². The number of hydrogen-bond donors (Lipinski definition) is 0. The molecular weight excluding hydrogens is 346 g/mol. The van der Waals surface area contributed by atoms with E-state index in [1.807, 2.05) is 4.90 Å².